The number of hydrogen-bond acceptors (Lipinski definition) is 4. The highest BCUT2D eigenvalue weighted by Crippen LogP contribution is 2.26. The summed E-state index contributed by atoms with van der Waals surface area (Å²) in [5.74, 6) is 0. The van der Waals surface area contributed by atoms with Crippen LogP contribution in [-0.4, -0.2) is 34.0 Å². The van der Waals surface area contributed by atoms with Crippen LogP contribution in [-0.2, 0) is 10.0 Å². The Hall–Kier alpha value is -0.630. The summed E-state index contributed by atoms with van der Waals surface area (Å²) in [5.41, 5.74) is 1.06. The number of rotatable bonds is 6. The molecule has 0 saturated heterocycles. The number of halogens is 2. The molecule has 8 heteroatoms. The summed E-state index contributed by atoms with van der Waals surface area (Å²) in [6, 6.07) is 6.30. The molecule has 0 bridgehead atoms. The minimum atomic E-state index is -3.72. The summed E-state index contributed by atoms with van der Waals surface area (Å²) in [7, 11) is 0.0887. The van der Waals surface area contributed by atoms with Crippen LogP contribution in [0.2, 0.25) is 10.0 Å². The molecular formula is C14H16Cl2N2O2S2. The van der Waals surface area contributed by atoms with E-state index in [4.69, 9.17) is 23.2 Å². The first kappa shape index (κ1) is 17.7. The normalized spacial score (nSPS) is 13.5. The smallest absolute Gasteiger partial charge is 0.242 e. The summed E-state index contributed by atoms with van der Waals surface area (Å²) in [5, 5.41) is 4.44. The Morgan fingerprint density at radius 1 is 1.27 bits per heavy atom. The Bertz CT molecular complexity index is 731. The minimum absolute atomic E-state index is 0.00973. The van der Waals surface area contributed by atoms with Crippen molar-refractivity contribution in [1.82, 2.24) is 9.62 Å². The average molecular weight is 379 g/mol. The van der Waals surface area contributed by atoms with Crippen molar-refractivity contribution in [3.05, 3.63) is 50.6 Å². The van der Waals surface area contributed by atoms with Crippen LogP contribution in [0.15, 0.2) is 39.9 Å². The van der Waals surface area contributed by atoms with Crippen molar-refractivity contribution in [1.29, 1.82) is 0 Å². The molecule has 2 rings (SSSR count). The number of thiophene rings is 1. The van der Waals surface area contributed by atoms with Gasteiger partial charge in [-0.2, -0.15) is 11.3 Å². The van der Waals surface area contributed by atoms with E-state index in [-0.39, 0.29) is 22.5 Å². The van der Waals surface area contributed by atoms with Gasteiger partial charge in [-0.05, 0) is 54.7 Å². The maximum absolute atomic E-state index is 12.4. The highest BCUT2D eigenvalue weighted by Gasteiger charge is 2.22. The van der Waals surface area contributed by atoms with Crippen molar-refractivity contribution in [3.8, 4) is 0 Å². The monoisotopic (exact) mass is 378 g/mol. The van der Waals surface area contributed by atoms with Gasteiger partial charge in [0.25, 0.3) is 0 Å². The first-order valence-corrected chi connectivity index (χ1v) is 9.62. The highest BCUT2D eigenvalue weighted by atomic mass is 35.5. The summed E-state index contributed by atoms with van der Waals surface area (Å²) < 4.78 is 27.5. The number of nitrogens with zero attached hydrogens (tertiary/aromatic N) is 1. The third-order valence-corrected chi connectivity index (χ3v) is 6.04. The van der Waals surface area contributed by atoms with E-state index in [2.05, 4.69) is 4.72 Å². The molecule has 0 aliphatic rings. The van der Waals surface area contributed by atoms with Crippen molar-refractivity contribution in [2.45, 2.75) is 10.9 Å². The third-order valence-electron chi connectivity index (χ3n) is 3.20. The van der Waals surface area contributed by atoms with Gasteiger partial charge in [-0.1, -0.05) is 23.2 Å². The quantitative estimate of drug-likeness (QED) is 0.834. The zero-order valence-corrected chi connectivity index (χ0v) is 15.2. The predicted octanol–water partition coefficient (Wildman–Crippen LogP) is 3.64. The Balaban J connectivity index is 2.20. The molecule has 1 atom stereocenters. The molecule has 1 N–H and O–H groups in total. The molecule has 0 aliphatic carbocycles. The Morgan fingerprint density at radius 2 is 2.00 bits per heavy atom. The molecule has 0 spiro atoms. The Labute approximate surface area is 144 Å². The molecule has 0 unspecified atom stereocenters. The number of nitrogens with one attached hydrogen (secondary N) is 1. The molecule has 0 aliphatic heterocycles. The second-order valence-corrected chi connectivity index (χ2v) is 8.32. The fourth-order valence-electron chi connectivity index (χ4n) is 2.01. The lowest BCUT2D eigenvalue weighted by atomic mass is 10.1. The van der Waals surface area contributed by atoms with Gasteiger partial charge in [-0.15, -0.1) is 0 Å². The van der Waals surface area contributed by atoms with Gasteiger partial charge in [0, 0.05) is 17.6 Å². The van der Waals surface area contributed by atoms with Crippen molar-refractivity contribution in [3.63, 3.8) is 0 Å². The van der Waals surface area contributed by atoms with E-state index in [1.165, 1.54) is 12.1 Å². The van der Waals surface area contributed by atoms with Crippen molar-refractivity contribution in [2.75, 3.05) is 20.6 Å². The van der Waals surface area contributed by atoms with Gasteiger partial charge in [-0.3, -0.25) is 0 Å². The van der Waals surface area contributed by atoms with Gasteiger partial charge in [0.15, 0.2) is 0 Å². The average Bonchev–Trinajstić information content (AvgIpc) is 2.95. The molecule has 22 heavy (non-hydrogen) atoms. The lowest BCUT2D eigenvalue weighted by molar-refractivity contribution is 0.300. The molecule has 2 aromatic rings. The van der Waals surface area contributed by atoms with Crippen molar-refractivity contribution in [2.24, 2.45) is 0 Å². The van der Waals surface area contributed by atoms with Gasteiger partial charge >= 0.3 is 0 Å². The fourth-order valence-corrected chi connectivity index (χ4v) is 4.52. The van der Waals surface area contributed by atoms with Gasteiger partial charge < -0.3 is 4.90 Å². The van der Waals surface area contributed by atoms with Crippen LogP contribution in [0.5, 0.6) is 0 Å². The maximum atomic E-state index is 12.4. The lowest BCUT2D eigenvalue weighted by Crippen LogP contribution is -2.34. The molecule has 4 nitrogen and oxygen atoms in total. The number of likely N-dealkylation sites (N-methyl/N-ethyl adjacent to an activating group) is 1. The lowest BCUT2D eigenvalue weighted by Gasteiger charge is -2.24. The van der Waals surface area contributed by atoms with Crippen LogP contribution in [0.25, 0.3) is 0 Å². The molecule has 1 heterocycles. The zero-order valence-electron chi connectivity index (χ0n) is 12.1. The minimum Gasteiger partial charge on any atom is -0.301 e. The summed E-state index contributed by atoms with van der Waals surface area (Å²) in [6.07, 6.45) is 0. The van der Waals surface area contributed by atoms with E-state index in [1.807, 2.05) is 35.8 Å². The fraction of sp³-hybridized carbons (Fsp3) is 0.286. The highest BCUT2D eigenvalue weighted by molar-refractivity contribution is 7.89. The number of hydrogen-bond donors (Lipinski definition) is 1. The summed E-state index contributed by atoms with van der Waals surface area (Å²) in [6.45, 7) is 0.245. The summed E-state index contributed by atoms with van der Waals surface area (Å²) >= 11 is 13.4. The molecular weight excluding hydrogens is 363 g/mol. The first-order chi connectivity index (χ1) is 10.3. The van der Waals surface area contributed by atoms with E-state index in [0.717, 1.165) is 5.56 Å². The van der Waals surface area contributed by atoms with E-state index < -0.39 is 10.0 Å². The Morgan fingerprint density at radius 3 is 2.59 bits per heavy atom. The van der Waals surface area contributed by atoms with Gasteiger partial charge in [0.2, 0.25) is 10.0 Å². The van der Waals surface area contributed by atoms with Crippen LogP contribution in [0, 0.1) is 0 Å². The molecule has 1 aromatic carbocycles. The Kier molecular flexibility index (Phi) is 5.87. The van der Waals surface area contributed by atoms with E-state index >= 15 is 0 Å². The van der Waals surface area contributed by atoms with E-state index in [0.29, 0.717) is 5.02 Å². The van der Waals surface area contributed by atoms with Crippen LogP contribution < -0.4 is 4.72 Å². The van der Waals surface area contributed by atoms with Gasteiger partial charge in [0.1, 0.15) is 4.90 Å². The standard InChI is InChI=1S/C14H16Cl2N2O2S2/c1-18(2)13(10-5-6-21-9-10)8-17-22(19,20)14-7-11(15)3-4-12(14)16/h3-7,9,13,17H,8H2,1-2H3/t13-/m1/s1. The SMILES string of the molecule is CN(C)[C@H](CNS(=O)(=O)c1cc(Cl)ccc1Cl)c1ccsc1. The maximum Gasteiger partial charge on any atom is 0.242 e. The van der Waals surface area contributed by atoms with Gasteiger partial charge in [0.05, 0.1) is 5.02 Å². The molecule has 120 valence electrons. The van der Waals surface area contributed by atoms with Crippen LogP contribution in [0.1, 0.15) is 11.6 Å². The van der Waals surface area contributed by atoms with E-state index in [9.17, 15) is 8.42 Å². The van der Waals surface area contributed by atoms with Gasteiger partial charge in [-0.25, -0.2) is 13.1 Å². The van der Waals surface area contributed by atoms with Crippen LogP contribution in [0.4, 0.5) is 0 Å². The second kappa shape index (κ2) is 7.29. The molecule has 0 fully saturated rings. The summed E-state index contributed by atoms with van der Waals surface area (Å²) in [4.78, 5) is 1.95. The zero-order chi connectivity index (χ0) is 16.3. The molecule has 0 saturated carbocycles. The van der Waals surface area contributed by atoms with Crippen molar-refractivity contribution < 1.29 is 8.42 Å². The molecule has 0 radical (unpaired) electrons. The second-order valence-electron chi connectivity index (χ2n) is 4.96. The van der Waals surface area contributed by atoms with Crippen molar-refractivity contribution >= 4 is 44.6 Å². The predicted molar refractivity (Wildman–Crippen MR) is 92.4 cm³/mol. The molecule has 0 amide bonds. The third kappa shape index (κ3) is 4.22. The number of sulfonamides is 1. The molecule has 1 aromatic heterocycles. The number of benzene rings is 1. The first-order valence-electron chi connectivity index (χ1n) is 6.44. The largest absolute Gasteiger partial charge is 0.301 e. The van der Waals surface area contributed by atoms with Crippen LogP contribution >= 0.6 is 34.5 Å². The van der Waals surface area contributed by atoms with Crippen LogP contribution in [0.3, 0.4) is 0 Å². The van der Waals surface area contributed by atoms with E-state index in [1.54, 1.807) is 17.4 Å². The topological polar surface area (TPSA) is 49.4 Å².